The largest absolute Gasteiger partial charge is 0.497 e. The quantitative estimate of drug-likeness (QED) is 0.578. The number of hydrogen-bond donors (Lipinski definition) is 1. The molecule has 0 aromatic heterocycles. The normalized spacial score (nSPS) is 23.3. The Kier molecular flexibility index (Phi) is 5.17. The zero-order valence-corrected chi connectivity index (χ0v) is 19.9. The number of hydrogen-bond acceptors (Lipinski definition) is 6. The van der Waals surface area contributed by atoms with Gasteiger partial charge in [0.05, 0.1) is 18.8 Å². The van der Waals surface area contributed by atoms with Crippen LogP contribution in [0.2, 0.25) is 0 Å². The van der Waals surface area contributed by atoms with Gasteiger partial charge in [-0.2, -0.15) is 0 Å². The summed E-state index contributed by atoms with van der Waals surface area (Å²) in [4.78, 5) is 46.6. The maximum atomic E-state index is 14.4. The van der Waals surface area contributed by atoms with Crippen molar-refractivity contribution in [2.75, 3.05) is 41.4 Å². The number of piperazine rings is 1. The van der Waals surface area contributed by atoms with Crippen molar-refractivity contribution >= 4 is 34.9 Å². The highest BCUT2D eigenvalue weighted by molar-refractivity contribution is 6.30. The number of nitrogens with one attached hydrogen (secondary N) is 1. The average molecular weight is 483 g/mol. The summed E-state index contributed by atoms with van der Waals surface area (Å²) in [6.07, 6.45) is 0.220. The number of rotatable bonds is 3. The fraction of sp³-hybridized carbons (Fsp3) is 0.250. The minimum Gasteiger partial charge on any atom is -0.497 e. The smallest absolute Gasteiger partial charge is 0.335 e. The first-order valence-corrected chi connectivity index (χ1v) is 12.0. The van der Waals surface area contributed by atoms with E-state index in [4.69, 9.17) is 4.74 Å². The molecule has 6 rings (SSSR count). The number of imide groups is 2. The third-order valence-electron chi connectivity index (χ3n) is 7.58. The molecule has 3 aromatic carbocycles. The second kappa shape index (κ2) is 8.41. The van der Waals surface area contributed by atoms with Gasteiger partial charge in [-0.3, -0.25) is 14.9 Å². The minimum absolute atomic E-state index is 0.220. The van der Waals surface area contributed by atoms with Gasteiger partial charge < -0.3 is 14.5 Å². The number of anilines is 3. The Morgan fingerprint density at radius 2 is 1.58 bits per heavy atom. The Labute approximate surface area is 209 Å². The first kappa shape index (κ1) is 22.2. The highest BCUT2D eigenvalue weighted by Crippen LogP contribution is 2.46. The van der Waals surface area contributed by atoms with Crippen molar-refractivity contribution in [2.45, 2.75) is 12.5 Å². The second-order valence-electron chi connectivity index (χ2n) is 9.37. The van der Waals surface area contributed by atoms with Gasteiger partial charge in [0, 0.05) is 31.0 Å². The molecule has 2 fully saturated rings. The van der Waals surface area contributed by atoms with Crippen molar-refractivity contribution in [3.63, 3.8) is 0 Å². The maximum Gasteiger partial charge on any atom is 0.335 e. The molecular weight excluding hydrogens is 456 g/mol. The van der Waals surface area contributed by atoms with Crippen LogP contribution in [0.5, 0.6) is 5.75 Å². The van der Waals surface area contributed by atoms with Crippen molar-refractivity contribution in [3.8, 4) is 5.75 Å². The molecule has 0 bridgehead atoms. The molecule has 36 heavy (non-hydrogen) atoms. The molecule has 4 amide bonds. The minimum atomic E-state index is -1.46. The van der Waals surface area contributed by atoms with Crippen LogP contribution in [0.15, 0.2) is 78.9 Å². The number of ether oxygens (including phenoxy) is 1. The number of barbiturate groups is 1. The summed E-state index contributed by atoms with van der Waals surface area (Å²) in [6, 6.07) is 23.4. The van der Waals surface area contributed by atoms with Gasteiger partial charge in [-0.25, -0.2) is 9.69 Å². The lowest BCUT2D eigenvalue weighted by Gasteiger charge is -2.55. The summed E-state index contributed by atoms with van der Waals surface area (Å²) >= 11 is 0. The fourth-order valence-electron chi connectivity index (χ4n) is 5.79. The molecule has 0 saturated carbocycles. The summed E-state index contributed by atoms with van der Waals surface area (Å²) in [6.45, 7) is 1.87. The molecule has 8 heteroatoms. The van der Waals surface area contributed by atoms with E-state index in [2.05, 4.69) is 15.1 Å². The van der Waals surface area contributed by atoms with E-state index in [0.717, 1.165) is 28.4 Å². The van der Waals surface area contributed by atoms with Crippen LogP contribution in [0.25, 0.3) is 0 Å². The Hall–Kier alpha value is -4.33. The number of amides is 4. The summed E-state index contributed by atoms with van der Waals surface area (Å²) in [5.74, 6) is -0.430. The predicted molar refractivity (Wildman–Crippen MR) is 136 cm³/mol. The van der Waals surface area contributed by atoms with E-state index in [-0.39, 0.29) is 6.42 Å². The van der Waals surface area contributed by atoms with E-state index in [1.807, 2.05) is 54.6 Å². The topological polar surface area (TPSA) is 82.2 Å². The summed E-state index contributed by atoms with van der Waals surface area (Å²) < 4.78 is 5.23. The van der Waals surface area contributed by atoms with Gasteiger partial charge in [0.1, 0.15) is 5.75 Å². The molecule has 3 aromatic rings. The molecule has 1 N–H and O–H groups in total. The third kappa shape index (κ3) is 3.25. The average Bonchev–Trinajstić information content (AvgIpc) is 2.92. The SMILES string of the molecule is COc1ccc(N2C(=O)NC(=O)C3(Cc4ccccc4N4CCN(c5ccccc5)CC43)C2=O)cc1. The van der Waals surface area contributed by atoms with Crippen LogP contribution < -0.4 is 24.8 Å². The predicted octanol–water partition coefficient (Wildman–Crippen LogP) is 3.22. The van der Waals surface area contributed by atoms with Crippen molar-refractivity contribution in [1.29, 1.82) is 0 Å². The lowest BCUT2D eigenvalue weighted by atomic mass is 9.67. The van der Waals surface area contributed by atoms with Gasteiger partial charge in [0.2, 0.25) is 5.91 Å². The van der Waals surface area contributed by atoms with E-state index >= 15 is 0 Å². The molecular formula is C28H26N4O4. The van der Waals surface area contributed by atoms with E-state index in [0.29, 0.717) is 24.5 Å². The number of carbonyl (C=O) groups is 3. The number of para-hydroxylation sites is 2. The van der Waals surface area contributed by atoms with Crippen LogP contribution in [0.1, 0.15) is 5.56 Å². The molecule has 0 radical (unpaired) electrons. The Balaban J connectivity index is 1.47. The molecule has 3 aliphatic rings. The van der Waals surface area contributed by atoms with Crippen LogP contribution in [0.4, 0.5) is 21.9 Å². The number of carbonyl (C=O) groups excluding carboxylic acids is 3. The zero-order valence-electron chi connectivity index (χ0n) is 19.9. The highest BCUT2D eigenvalue weighted by atomic mass is 16.5. The first-order valence-electron chi connectivity index (χ1n) is 12.0. The summed E-state index contributed by atoms with van der Waals surface area (Å²) in [7, 11) is 1.55. The molecule has 2 atom stereocenters. The Morgan fingerprint density at radius 1 is 0.861 bits per heavy atom. The molecule has 8 nitrogen and oxygen atoms in total. The van der Waals surface area contributed by atoms with Gasteiger partial charge in [0.25, 0.3) is 5.91 Å². The molecule has 2 saturated heterocycles. The molecule has 0 aliphatic carbocycles. The van der Waals surface area contributed by atoms with Crippen LogP contribution in [-0.4, -0.2) is 50.6 Å². The number of nitrogens with zero attached hydrogens (tertiary/aromatic N) is 3. The summed E-state index contributed by atoms with van der Waals surface area (Å²) in [5.41, 5.74) is 1.93. The highest BCUT2D eigenvalue weighted by Gasteiger charge is 2.63. The van der Waals surface area contributed by atoms with Gasteiger partial charge in [-0.15, -0.1) is 0 Å². The van der Waals surface area contributed by atoms with E-state index in [1.54, 1.807) is 31.4 Å². The first-order chi connectivity index (χ1) is 17.5. The Bertz CT molecular complexity index is 1340. The third-order valence-corrected chi connectivity index (χ3v) is 7.58. The lowest BCUT2D eigenvalue weighted by Crippen LogP contribution is -2.75. The summed E-state index contributed by atoms with van der Waals surface area (Å²) in [5, 5.41) is 2.52. The molecule has 182 valence electrons. The molecule has 1 spiro atoms. The van der Waals surface area contributed by atoms with Crippen LogP contribution >= 0.6 is 0 Å². The van der Waals surface area contributed by atoms with Crippen LogP contribution in [0.3, 0.4) is 0 Å². The molecule has 3 aliphatic heterocycles. The van der Waals surface area contributed by atoms with Crippen LogP contribution in [-0.2, 0) is 16.0 Å². The van der Waals surface area contributed by atoms with Crippen molar-refractivity contribution in [3.05, 3.63) is 84.4 Å². The Morgan fingerprint density at radius 3 is 2.33 bits per heavy atom. The number of benzene rings is 3. The van der Waals surface area contributed by atoms with Crippen molar-refractivity contribution in [2.24, 2.45) is 5.41 Å². The zero-order chi connectivity index (χ0) is 24.9. The number of methoxy groups -OCH3 is 1. The maximum absolute atomic E-state index is 14.4. The van der Waals surface area contributed by atoms with Gasteiger partial charge in [-0.05, 0) is 54.4 Å². The van der Waals surface area contributed by atoms with Gasteiger partial charge >= 0.3 is 6.03 Å². The van der Waals surface area contributed by atoms with Crippen molar-refractivity contribution in [1.82, 2.24) is 5.32 Å². The van der Waals surface area contributed by atoms with Gasteiger partial charge in [0.15, 0.2) is 5.41 Å². The monoisotopic (exact) mass is 482 g/mol. The molecule has 3 heterocycles. The number of fused-ring (bicyclic) bond motifs is 4. The van der Waals surface area contributed by atoms with Crippen LogP contribution in [0, 0.1) is 5.41 Å². The fourth-order valence-corrected chi connectivity index (χ4v) is 5.79. The van der Waals surface area contributed by atoms with Crippen molar-refractivity contribution < 1.29 is 19.1 Å². The lowest BCUT2D eigenvalue weighted by molar-refractivity contribution is -0.144. The van der Waals surface area contributed by atoms with E-state index in [1.165, 1.54) is 0 Å². The second-order valence-corrected chi connectivity index (χ2v) is 9.37. The van der Waals surface area contributed by atoms with Gasteiger partial charge in [-0.1, -0.05) is 36.4 Å². The number of urea groups is 1. The van der Waals surface area contributed by atoms with E-state index < -0.39 is 29.3 Å². The van der Waals surface area contributed by atoms with E-state index in [9.17, 15) is 14.4 Å². The standard InChI is InChI=1S/C28H26N4O4/c1-36-22-13-11-21(12-14-22)32-26(34)28(25(33)29-27(32)35)17-19-7-5-6-10-23(19)31-16-15-30(18-24(28)31)20-8-3-2-4-9-20/h2-14,24H,15-18H2,1H3,(H,29,33,35). The molecule has 2 unspecified atom stereocenters.